The molecule has 1 N–H and O–H groups in total. The highest BCUT2D eigenvalue weighted by molar-refractivity contribution is 5.77. The SMILES string of the molecule is COCC(=O)NCCOc1ccc(C)cc1. The second-order valence-corrected chi connectivity index (χ2v) is 3.44. The predicted molar refractivity (Wildman–Crippen MR) is 61.6 cm³/mol. The molecule has 0 heterocycles. The predicted octanol–water partition coefficient (Wildman–Crippen LogP) is 1.14. The minimum Gasteiger partial charge on any atom is -0.492 e. The molecule has 0 aliphatic heterocycles. The van der Waals surface area contributed by atoms with E-state index < -0.39 is 0 Å². The number of hydrogen-bond donors (Lipinski definition) is 1. The first-order valence-electron chi connectivity index (χ1n) is 5.17. The van der Waals surface area contributed by atoms with Crippen LogP contribution in [0.25, 0.3) is 0 Å². The first-order chi connectivity index (χ1) is 7.72. The third kappa shape index (κ3) is 4.79. The summed E-state index contributed by atoms with van der Waals surface area (Å²) in [4.78, 5) is 11.0. The average Bonchev–Trinajstić information content (AvgIpc) is 2.27. The maximum Gasteiger partial charge on any atom is 0.246 e. The molecule has 0 fully saturated rings. The van der Waals surface area contributed by atoms with Crippen LogP contribution in [0.15, 0.2) is 24.3 Å². The van der Waals surface area contributed by atoms with Crippen molar-refractivity contribution in [3.05, 3.63) is 29.8 Å². The van der Waals surface area contributed by atoms with Crippen LogP contribution in [-0.4, -0.2) is 32.8 Å². The van der Waals surface area contributed by atoms with Crippen molar-refractivity contribution in [2.75, 3.05) is 26.9 Å². The van der Waals surface area contributed by atoms with Gasteiger partial charge < -0.3 is 14.8 Å². The maximum absolute atomic E-state index is 11.0. The fourth-order valence-corrected chi connectivity index (χ4v) is 1.18. The lowest BCUT2D eigenvalue weighted by Gasteiger charge is -2.07. The molecule has 0 radical (unpaired) electrons. The summed E-state index contributed by atoms with van der Waals surface area (Å²) in [6.45, 7) is 3.05. The summed E-state index contributed by atoms with van der Waals surface area (Å²) in [6.07, 6.45) is 0. The number of benzene rings is 1. The van der Waals surface area contributed by atoms with Crippen molar-refractivity contribution in [3.63, 3.8) is 0 Å². The molecule has 0 unspecified atom stereocenters. The Morgan fingerprint density at radius 2 is 2.00 bits per heavy atom. The summed E-state index contributed by atoms with van der Waals surface area (Å²) in [5.41, 5.74) is 1.20. The molecule has 0 bridgehead atoms. The first-order valence-corrected chi connectivity index (χ1v) is 5.17. The monoisotopic (exact) mass is 223 g/mol. The molecule has 88 valence electrons. The molecule has 0 spiro atoms. The van der Waals surface area contributed by atoms with Crippen molar-refractivity contribution in [2.45, 2.75) is 6.92 Å². The van der Waals surface area contributed by atoms with Crippen molar-refractivity contribution in [1.82, 2.24) is 5.32 Å². The van der Waals surface area contributed by atoms with Gasteiger partial charge in [-0.05, 0) is 19.1 Å². The lowest BCUT2D eigenvalue weighted by atomic mass is 10.2. The van der Waals surface area contributed by atoms with Crippen molar-refractivity contribution in [3.8, 4) is 5.75 Å². The fraction of sp³-hybridized carbons (Fsp3) is 0.417. The Balaban J connectivity index is 2.16. The molecule has 1 rings (SSSR count). The van der Waals surface area contributed by atoms with Gasteiger partial charge in [-0.25, -0.2) is 0 Å². The smallest absolute Gasteiger partial charge is 0.246 e. The summed E-state index contributed by atoms with van der Waals surface area (Å²) in [7, 11) is 1.49. The van der Waals surface area contributed by atoms with E-state index in [0.29, 0.717) is 13.2 Å². The number of aryl methyl sites for hydroxylation is 1. The van der Waals surface area contributed by atoms with Gasteiger partial charge in [0.25, 0.3) is 0 Å². The molecular formula is C12H17NO3. The molecule has 1 aromatic rings. The summed E-state index contributed by atoms with van der Waals surface area (Å²) in [5, 5.41) is 2.68. The summed E-state index contributed by atoms with van der Waals surface area (Å²) < 4.78 is 10.1. The molecular weight excluding hydrogens is 206 g/mol. The molecule has 4 nitrogen and oxygen atoms in total. The number of ether oxygens (including phenoxy) is 2. The lowest BCUT2D eigenvalue weighted by Crippen LogP contribution is -2.30. The van der Waals surface area contributed by atoms with Crippen LogP contribution in [0.3, 0.4) is 0 Å². The van der Waals surface area contributed by atoms with E-state index in [1.54, 1.807) is 0 Å². The Labute approximate surface area is 95.6 Å². The van der Waals surface area contributed by atoms with Gasteiger partial charge in [0, 0.05) is 7.11 Å². The van der Waals surface area contributed by atoms with Gasteiger partial charge in [0.15, 0.2) is 0 Å². The Bertz CT molecular complexity index is 322. The number of carbonyl (C=O) groups excluding carboxylic acids is 1. The fourth-order valence-electron chi connectivity index (χ4n) is 1.18. The number of amides is 1. The zero-order valence-corrected chi connectivity index (χ0v) is 9.66. The van der Waals surface area contributed by atoms with Gasteiger partial charge in [0.2, 0.25) is 5.91 Å². The molecule has 0 atom stereocenters. The van der Waals surface area contributed by atoms with E-state index in [2.05, 4.69) is 10.1 Å². The van der Waals surface area contributed by atoms with Gasteiger partial charge in [-0.3, -0.25) is 4.79 Å². The molecule has 0 saturated heterocycles. The van der Waals surface area contributed by atoms with Crippen LogP contribution < -0.4 is 10.1 Å². The zero-order chi connectivity index (χ0) is 11.8. The quantitative estimate of drug-likeness (QED) is 0.736. The number of rotatable bonds is 6. The highest BCUT2D eigenvalue weighted by atomic mass is 16.5. The van der Waals surface area contributed by atoms with Crippen molar-refractivity contribution >= 4 is 5.91 Å². The van der Waals surface area contributed by atoms with E-state index in [4.69, 9.17) is 4.74 Å². The number of nitrogens with one attached hydrogen (secondary N) is 1. The molecule has 0 aliphatic rings. The molecule has 1 amide bonds. The zero-order valence-electron chi connectivity index (χ0n) is 9.66. The van der Waals surface area contributed by atoms with Gasteiger partial charge in [0.05, 0.1) is 6.54 Å². The topological polar surface area (TPSA) is 47.6 Å². The van der Waals surface area contributed by atoms with E-state index in [0.717, 1.165) is 5.75 Å². The van der Waals surface area contributed by atoms with Crippen LogP contribution in [-0.2, 0) is 9.53 Å². The Morgan fingerprint density at radius 1 is 1.31 bits per heavy atom. The third-order valence-electron chi connectivity index (χ3n) is 1.99. The second kappa shape index (κ2) is 6.85. The normalized spacial score (nSPS) is 9.88. The van der Waals surface area contributed by atoms with Gasteiger partial charge in [-0.15, -0.1) is 0 Å². The molecule has 0 aromatic heterocycles. The summed E-state index contributed by atoms with van der Waals surface area (Å²) in [5.74, 6) is 0.682. The number of carbonyl (C=O) groups is 1. The van der Waals surface area contributed by atoms with Crippen molar-refractivity contribution in [2.24, 2.45) is 0 Å². The Hall–Kier alpha value is -1.55. The minimum atomic E-state index is -0.130. The summed E-state index contributed by atoms with van der Waals surface area (Å²) in [6, 6.07) is 7.79. The Morgan fingerprint density at radius 3 is 2.62 bits per heavy atom. The van der Waals surface area contributed by atoms with Crippen LogP contribution in [0.2, 0.25) is 0 Å². The summed E-state index contributed by atoms with van der Waals surface area (Å²) >= 11 is 0. The maximum atomic E-state index is 11.0. The Kier molecular flexibility index (Phi) is 5.36. The third-order valence-corrected chi connectivity index (χ3v) is 1.99. The van der Waals surface area contributed by atoms with Crippen LogP contribution in [0.1, 0.15) is 5.56 Å². The molecule has 1 aromatic carbocycles. The van der Waals surface area contributed by atoms with Crippen LogP contribution in [0.4, 0.5) is 0 Å². The van der Waals surface area contributed by atoms with Crippen molar-refractivity contribution < 1.29 is 14.3 Å². The highest BCUT2D eigenvalue weighted by Gasteiger charge is 1.98. The molecule has 0 aliphatic carbocycles. The van der Waals surface area contributed by atoms with E-state index in [1.807, 2.05) is 31.2 Å². The molecule has 4 heteroatoms. The van der Waals surface area contributed by atoms with E-state index in [9.17, 15) is 4.79 Å². The highest BCUT2D eigenvalue weighted by Crippen LogP contribution is 2.10. The minimum absolute atomic E-state index is 0.0878. The van der Waals surface area contributed by atoms with Gasteiger partial charge >= 0.3 is 0 Å². The number of hydrogen-bond acceptors (Lipinski definition) is 3. The number of methoxy groups -OCH3 is 1. The average molecular weight is 223 g/mol. The van der Waals surface area contributed by atoms with Gasteiger partial charge in [0.1, 0.15) is 19.0 Å². The van der Waals surface area contributed by atoms with Gasteiger partial charge in [-0.1, -0.05) is 17.7 Å². The molecule has 16 heavy (non-hydrogen) atoms. The lowest BCUT2D eigenvalue weighted by molar-refractivity contribution is -0.124. The standard InChI is InChI=1S/C12H17NO3/c1-10-3-5-11(6-4-10)16-8-7-13-12(14)9-15-2/h3-6H,7-9H2,1-2H3,(H,13,14). The second-order valence-electron chi connectivity index (χ2n) is 3.44. The van der Waals surface area contributed by atoms with E-state index >= 15 is 0 Å². The van der Waals surface area contributed by atoms with Crippen LogP contribution in [0, 0.1) is 6.92 Å². The molecule has 0 saturated carbocycles. The first kappa shape index (κ1) is 12.5. The van der Waals surface area contributed by atoms with E-state index in [-0.39, 0.29) is 12.5 Å². The van der Waals surface area contributed by atoms with Crippen LogP contribution >= 0.6 is 0 Å². The van der Waals surface area contributed by atoms with Crippen molar-refractivity contribution in [1.29, 1.82) is 0 Å². The van der Waals surface area contributed by atoms with Crippen LogP contribution in [0.5, 0.6) is 5.75 Å². The largest absolute Gasteiger partial charge is 0.492 e. The van der Waals surface area contributed by atoms with Gasteiger partial charge in [-0.2, -0.15) is 0 Å². The van der Waals surface area contributed by atoms with E-state index in [1.165, 1.54) is 12.7 Å².